The summed E-state index contributed by atoms with van der Waals surface area (Å²) in [6, 6.07) is 0. The third-order valence-corrected chi connectivity index (χ3v) is 5.49. The van der Waals surface area contributed by atoms with Crippen LogP contribution in [0.25, 0.3) is 0 Å². The molecule has 2 unspecified atom stereocenters. The molecular weight excluding hydrogens is 224 g/mol. The van der Waals surface area contributed by atoms with Crippen molar-refractivity contribution in [3.63, 3.8) is 0 Å². The van der Waals surface area contributed by atoms with Gasteiger partial charge in [-0.05, 0) is 42.9 Å². The molecule has 0 aromatic heterocycles. The highest BCUT2D eigenvalue weighted by Crippen LogP contribution is 2.64. The maximum atomic E-state index is 12.2. The van der Waals surface area contributed by atoms with Gasteiger partial charge in [0.05, 0.1) is 0 Å². The van der Waals surface area contributed by atoms with Crippen LogP contribution in [0.15, 0.2) is 0 Å². The zero-order valence-electron chi connectivity index (χ0n) is 12.8. The van der Waals surface area contributed by atoms with Gasteiger partial charge in [0.15, 0.2) is 5.78 Å². The molecule has 0 bridgehead atoms. The minimum Gasteiger partial charge on any atom is -0.382 e. The molecule has 0 radical (unpaired) electrons. The van der Waals surface area contributed by atoms with E-state index in [1.807, 2.05) is 0 Å². The average Bonchev–Trinajstić information content (AvgIpc) is 2.23. The zero-order chi connectivity index (χ0) is 14.0. The maximum Gasteiger partial charge on any atom is 0.164 e. The summed E-state index contributed by atoms with van der Waals surface area (Å²) < 4.78 is 0. The largest absolute Gasteiger partial charge is 0.382 e. The van der Waals surface area contributed by atoms with Gasteiger partial charge in [-0.2, -0.15) is 0 Å². The highest BCUT2D eigenvalue weighted by Gasteiger charge is 2.64. The number of hydrogen-bond donors (Lipinski definition) is 1. The molecule has 0 aliphatic heterocycles. The molecule has 0 aromatic carbocycles. The van der Waals surface area contributed by atoms with Crippen LogP contribution < -0.4 is 0 Å². The Morgan fingerprint density at radius 1 is 1.00 bits per heavy atom. The normalized spacial score (nSPS) is 41.3. The second kappa shape index (κ2) is 3.59. The van der Waals surface area contributed by atoms with Gasteiger partial charge in [-0.1, -0.05) is 34.6 Å². The molecule has 0 saturated heterocycles. The molecule has 1 spiro atoms. The highest BCUT2D eigenvalue weighted by molar-refractivity contribution is 5.90. The van der Waals surface area contributed by atoms with Crippen molar-refractivity contribution in [1.29, 1.82) is 0 Å². The third-order valence-electron chi connectivity index (χ3n) is 5.49. The monoisotopic (exact) mass is 252 g/mol. The van der Waals surface area contributed by atoms with E-state index in [1.165, 1.54) is 6.42 Å². The minimum atomic E-state index is -1.14. The number of ketones is 1. The second-order valence-electron chi connectivity index (χ2n) is 8.62. The number of hydrogen-bond acceptors (Lipinski definition) is 2. The van der Waals surface area contributed by atoms with Crippen LogP contribution in [0, 0.1) is 22.2 Å². The maximum absolute atomic E-state index is 12.2. The van der Waals surface area contributed by atoms with Crippen molar-refractivity contribution in [3.8, 4) is 0 Å². The molecule has 2 aliphatic carbocycles. The van der Waals surface area contributed by atoms with Gasteiger partial charge in [0.25, 0.3) is 0 Å². The Hall–Kier alpha value is -0.370. The first-order chi connectivity index (χ1) is 7.92. The topological polar surface area (TPSA) is 37.3 Å². The average molecular weight is 252 g/mol. The van der Waals surface area contributed by atoms with E-state index < -0.39 is 5.60 Å². The fraction of sp³-hybridized carbons (Fsp3) is 0.938. The fourth-order valence-electron chi connectivity index (χ4n) is 5.31. The molecule has 2 saturated carbocycles. The molecule has 2 aliphatic rings. The summed E-state index contributed by atoms with van der Waals surface area (Å²) in [5.74, 6) is 0.336. The van der Waals surface area contributed by atoms with E-state index in [-0.39, 0.29) is 22.0 Å². The van der Waals surface area contributed by atoms with Crippen LogP contribution in [0.5, 0.6) is 0 Å². The summed E-state index contributed by atoms with van der Waals surface area (Å²) in [5.41, 5.74) is -0.966. The SMILES string of the molecule is CC1CC(=O)C(C)(O)C12CC(C)(C)CC(C)(C)C2. The van der Waals surface area contributed by atoms with Gasteiger partial charge in [0.2, 0.25) is 0 Å². The standard InChI is InChI=1S/C16H28O2/c1-11-7-12(17)15(6,18)16(11)9-13(2,3)8-14(4,5)10-16/h11,18H,7-10H2,1-6H3. The summed E-state index contributed by atoms with van der Waals surface area (Å²) in [4.78, 5) is 12.2. The third kappa shape index (κ3) is 1.84. The molecule has 2 rings (SSSR count). The van der Waals surface area contributed by atoms with Crippen LogP contribution in [0.1, 0.15) is 67.2 Å². The Bertz CT molecular complexity index is 361. The predicted octanol–water partition coefficient (Wildman–Crippen LogP) is 3.57. The van der Waals surface area contributed by atoms with E-state index in [9.17, 15) is 9.90 Å². The smallest absolute Gasteiger partial charge is 0.164 e. The van der Waals surface area contributed by atoms with Crippen molar-refractivity contribution >= 4 is 5.78 Å². The molecule has 1 N–H and O–H groups in total. The van der Waals surface area contributed by atoms with Crippen LogP contribution >= 0.6 is 0 Å². The van der Waals surface area contributed by atoms with Gasteiger partial charge in [-0.3, -0.25) is 4.79 Å². The molecule has 2 nitrogen and oxygen atoms in total. The van der Waals surface area contributed by atoms with Crippen LogP contribution in [0.4, 0.5) is 0 Å². The van der Waals surface area contributed by atoms with Gasteiger partial charge in [0, 0.05) is 11.8 Å². The van der Waals surface area contributed by atoms with Gasteiger partial charge < -0.3 is 5.11 Å². The van der Waals surface area contributed by atoms with E-state index in [4.69, 9.17) is 0 Å². The van der Waals surface area contributed by atoms with Crippen molar-refractivity contribution in [2.45, 2.75) is 72.8 Å². The van der Waals surface area contributed by atoms with Crippen LogP contribution in [0.2, 0.25) is 0 Å². The summed E-state index contributed by atoms with van der Waals surface area (Å²) in [5, 5.41) is 10.8. The molecule has 18 heavy (non-hydrogen) atoms. The predicted molar refractivity (Wildman–Crippen MR) is 73.3 cm³/mol. The van der Waals surface area contributed by atoms with Gasteiger partial charge in [0.1, 0.15) is 5.60 Å². The molecule has 0 heterocycles. The number of carbonyl (C=O) groups excluding carboxylic acids is 1. The lowest BCUT2D eigenvalue weighted by atomic mass is 9.49. The molecule has 104 valence electrons. The number of aliphatic hydroxyl groups is 1. The Morgan fingerprint density at radius 3 is 1.78 bits per heavy atom. The molecule has 2 atom stereocenters. The Kier molecular flexibility index (Phi) is 2.80. The number of Topliss-reactive ketones (excluding diaryl/α,β-unsaturated/α-hetero) is 1. The lowest BCUT2D eigenvalue weighted by Gasteiger charge is -2.56. The van der Waals surface area contributed by atoms with Gasteiger partial charge >= 0.3 is 0 Å². The van der Waals surface area contributed by atoms with Crippen molar-refractivity contribution in [3.05, 3.63) is 0 Å². The van der Waals surface area contributed by atoms with E-state index in [2.05, 4.69) is 34.6 Å². The number of carbonyl (C=O) groups is 1. The minimum absolute atomic E-state index is 0.0449. The summed E-state index contributed by atoms with van der Waals surface area (Å²) in [6.07, 6.45) is 3.63. The van der Waals surface area contributed by atoms with E-state index in [0.717, 1.165) is 12.8 Å². The quantitative estimate of drug-likeness (QED) is 0.715. The lowest BCUT2D eigenvalue weighted by molar-refractivity contribution is -0.159. The van der Waals surface area contributed by atoms with Crippen LogP contribution in [0.3, 0.4) is 0 Å². The zero-order valence-corrected chi connectivity index (χ0v) is 12.8. The first kappa shape index (κ1) is 14.0. The van der Waals surface area contributed by atoms with Crippen molar-refractivity contribution < 1.29 is 9.90 Å². The summed E-state index contributed by atoms with van der Waals surface area (Å²) >= 11 is 0. The Balaban J connectivity index is 2.50. The number of rotatable bonds is 0. The lowest BCUT2D eigenvalue weighted by Crippen LogP contribution is -2.55. The van der Waals surface area contributed by atoms with E-state index >= 15 is 0 Å². The van der Waals surface area contributed by atoms with E-state index in [0.29, 0.717) is 12.3 Å². The molecule has 0 amide bonds. The summed E-state index contributed by atoms with van der Waals surface area (Å²) in [6.45, 7) is 13.0. The van der Waals surface area contributed by atoms with Crippen LogP contribution in [-0.2, 0) is 4.79 Å². The van der Waals surface area contributed by atoms with Gasteiger partial charge in [-0.15, -0.1) is 0 Å². The van der Waals surface area contributed by atoms with Crippen molar-refractivity contribution in [1.82, 2.24) is 0 Å². The molecule has 2 heteroatoms. The van der Waals surface area contributed by atoms with Gasteiger partial charge in [-0.25, -0.2) is 0 Å². The van der Waals surface area contributed by atoms with Crippen molar-refractivity contribution in [2.75, 3.05) is 0 Å². The molecular formula is C16H28O2. The van der Waals surface area contributed by atoms with Crippen LogP contribution in [-0.4, -0.2) is 16.5 Å². The second-order valence-corrected chi connectivity index (χ2v) is 8.62. The molecule has 0 aromatic rings. The highest BCUT2D eigenvalue weighted by atomic mass is 16.3. The van der Waals surface area contributed by atoms with E-state index in [1.54, 1.807) is 6.92 Å². The Labute approximate surface area is 111 Å². The Morgan fingerprint density at radius 2 is 1.44 bits per heavy atom. The first-order valence-corrected chi connectivity index (χ1v) is 7.18. The van der Waals surface area contributed by atoms with Crippen molar-refractivity contribution in [2.24, 2.45) is 22.2 Å². The fourth-order valence-corrected chi connectivity index (χ4v) is 5.31. The first-order valence-electron chi connectivity index (χ1n) is 7.18. The molecule has 2 fully saturated rings. The summed E-state index contributed by atoms with van der Waals surface area (Å²) in [7, 11) is 0.